The highest BCUT2D eigenvalue weighted by Crippen LogP contribution is 2.24. The van der Waals surface area contributed by atoms with Gasteiger partial charge in [-0.1, -0.05) is 25.5 Å². The largest absolute Gasteiger partial charge is 0.492 e. The van der Waals surface area contributed by atoms with Gasteiger partial charge < -0.3 is 29.2 Å². The molecule has 32 heavy (non-hydrogen) atoms. The van der Waals surface area contributed by atoms with Gasteiger partial charge in [0.1, 0.15) is 12.3 Å². The van der Waals surface area contributed by atoms with Gasteiger partial charge in [-0.15, -0.1) is 0 Å². The highest BCUT2D eigenvalue weighted by molar-refractivity contribution is 5.93. The molecule has 0 aliphatic rings. The number of hydrogen-bond acceptors (Lipinski definition) is 4. The van der Waals surface area contributed by atoms with Crippen molar-refractivity contribution in [2.75, 3.05) is 45.3 Å². The number of carbonyl (C=O) groups excluding carboxylic acids is 2. The second-order valence-electron chi connectivity index (χ2n) is 7.55. The van der Waals surface area contributed by atoms with E-state index in [4.69, 9.17) is 9.47 Å². The van der Waals surface area contributed by atoms with Gasteiger partial charge >= 0.3 is 6.03 Å². The van der Waals surface area contributed by atoms with Crippen molar-refractivity contribution in [3.8, 4) is 5.75 Å². The Morgan fingerprint density at radius 2 is 1.84 bits per heavy atom. The Morgan fingerprint density at radius 3 is 2.50 bits per heavy atom. The summed E-state index contributed by atoms with van der Waals surface area (Å²) in [5, 5.41) is 2.91. The molecule has 8 nitrogen and oxygen atoms in total. The van der Waals surface area contributed by atoms with Gasteiger partial charge in [-0.3, -0.25) is 4.79 Å². The summed E-state index contributed by atoms with van der Waals surface area (Å²) < 4.78 is 12.8. The number of amides is 3. The van der Waals surface area contributed by atoms with E-state index in [9.17, 15) is 9.59 Å². The third-order valence-corrected chi connectivity index (χ3v) is 5.15. The standard InChI is InChI=1S/C24H36N4O4/c1-5-7-15-28(24(30)25-21-12-8-9-13-22(21)32-6-2)19-23(29)27(16-17-31-4)18-20-11-10-14-26(20)3/h8-14H,5-7,15-19H2,1-4H3,(H,25,30). The fourth-order valence-corrected chi connectivity index (χ4v) is 3.26. The number of unbranched alkanes of at least 4 members (excludes halogenated alkanes) is 1. The second kappa shape index (κ2) is 13.4. The first-order valence-corrected chi connectivity index (χ1v) is 11.1. The summed E-state index contributed by atoms with van der Waals surface area (Å²) in [5.41, 5.74) is 1.61. The van der Waals surface area contributed by atoms with E-state index in [1.165, 1.54) is 0 Å². The summed E-state index contributed by atoms with van der Waals surface area (Å²) in [5.74, 6) is 0.489. The first kappa shape index (κ1) is 25.3. The maximum absolute atomic E-state index is 13.2. The number of anilines is 1. The van der Waals surface area contributed by atoms with Crippen LogP contribution in [0.15, 0.2) is 42.6 Å². The number of urea groups is 1. The third kappa shape index (κ3) is 7.60. The summed E-state index contributed by atoms with van der Waals surface area (Å²) in [4.78, 5) is 29.6. The summed E-state index contributed by atoms with van der Waals surface area (Å²) in [6.07, 6.45) is 3.68. The predicted octanol–water partition coefficient (Wildman–Crippen LogP) is 3.73. The Balaban J connectivity index is 2.13. The van der Waals surface area contributed by atoms with Crippen molar-refractivity contribution >= 4 is 17.6 Å². The van der Waals surface area contributed by atoms with Crippen molar-refractivity contribution < 1.29 is 19.1 Å². The average molecular weight is 445 g/mol. The summed E-state index contributed by atoms with van der Waals surface area (Å²) in [6.45, 7) is 6.29. The molecule has 0 fully saturated rings. The summed E-state index contributed by atoms with van der Waals surface area (Å²) >= 11 is 0. The highest BCUT2D eigenvalue weighted by atomic mass is 16.5. The Morgan fingerprint density at radius 1 is 1.06 bits per heavy atom. The summed E-state index contributed by atoms with van der Waals surface area (Å²) in [6, 6.07) is 10.9. The minimum absolute atomic E-state index is 0.00320. The van der Waals surface area contributed by atoms with Gasteiger partial charge in [0, 0.05) is 39.1 Å². The molecule has 1 aromatic heterocycles. The van der Waals surface area contributed by atoms with Gasteiger partial charge in [-0.25, -0.2) is 4.79 Å². The van der Waals surface area contributed by atoms with Crippen LogP contribution in [-0.4, -0.2) is 66.3 Å². The van der Waals surface area contributed by atoms with E-state index in [0.717, 1.165) is 18.5 Å². The van der Waals surface area contributed by atoms with Gasteiger partial charge in [0.15, 0.2) is 0 Å². The molecule has 2 rings (SSSR count). The molecule has 0 radical (unpaired) electrons. The number of rotatable bonds is 13. The van der Waals surface area contributed by atoms with Gasteiger partial charge in [0.25, 0.3) is 0 Å². The Labute approximate surface area is 191 Å². The fourth-order valence-electron chi connectivity index (χ4n) is 3.26. The van der Waals surface area contributed by atoms with Crippen LogP contribution in [0.5, 0.6) is 5.75 Å². The normalized spacial score (nSPS) is 10.6. The molecule has 8 heteroatoms. The molecule has 1 heterocycles. The molecule has 0 saturated heterocycles. The highest BCUT2D eigenvalue weighted by Gasteiger charge is 2.22. The van der Waals surface area contributed by atoms with Crippen LogP contribution in [0.1, 0.15) is 32.4 Å². The van der Waals surface area contributed by atoms with Gasteiger partial charge in [0.2, 0.25) is 5.91 Å². The van der Waals surface area contributed by atoms with Crippen LogP contribution in [0.25, 0.3) is 0 Å². The Hall–Kier alpha value is -3.00. The lowest BCUT2D eigenvalue weighted by atomic mass is 10.3. The lowest BCUT2D eigenvalue weighted by molar-refractivity contribution is -0.133. The molecule has 0 saturated carbocycles. The van der Waals surface area contributed by atoms with Crippen LogP contribution >= 0.6 is 0 Å². The molecular weight excluding hydrogens is 408 g/mol. The van der Waals surface area contributed by atoms with E-state index in [1.54, 1.807) is 23.0 Å². The SMILES string of the molecule is CCCCN(CC(=O)N(CCOC)Cc1cccn1C)C(=O)Nc1ccccc1OCC. The van der Waals surface area contributed by atoms with E-state index in [1.807, 2.05) is 55.1 Å². The van der Waals surface area contributed by atoms with Gasteiger partial charge in [0.05, 0.1) is 25.4 Å². The molecule has 1 aromatic carbocycles. The Kier molecular flexibility index (Phi) is 10.6. The number of benzene rings is 1. The number of methoxy groups -OCH3 is 1. The lowest BCUT2D eigenvalue weighted by Gasteiger charge is -2.28. The molecule has 0 bridgehead atoms. The summed E-state index contributed by atoms with van der Waals surface area (Å²) in [7, 11) is 3.56. The fraction of sp³-hybridized carbons (Fsp3) is 0.500. The zero-order valence-electron chi connectivity index (χ0n) is 19.7. The van der Waals surface area contributed by atoms with Gasteiger partial charge in [-0.05, 0) is 37.6 Å². The average Bonchev–Trinajstić information content (AvgIpc) is 3.19. The van der Waals surface area contributed by atoms with Crippen molar-refractivity contribution in [3.05, 3.63) is 48.3 Å². The number of nitrogens with one attached hydrogen (secondary N) is 1. The van der Waals surface area contributed by atoms with E-state index < -0.39 is 0 Å². The molecular formula is C24H36N4O4. The van der Waals surface area contributed by atoms with Crippen molar-refractivity contribution in [1.82, 2.24) is 14.4 Å². The molecule has 2 aromatic rings. The number of aryl methyl sites for hydroxylation is 1. The quantitative estimate of drug-likeness (QED) is 0.511. The number of carbonyl (C=O) groups is 2. The Bertz CT molecular complexity index is 852. The van der Waals surface area contributed by atoms with Crippen LogP contribution in [0.4, 0.5) is 10.5 Å². The molecule has 3 amide bonds. The van der Waals surface area contributed by atoms with E-state index >= 15 is 0 Å². The zero-order valence-corrected chi connectivity index (χ0v) is 19.7. The number of hydrogen-bond donors (Lipinski definition) is 1. The molecule has 0 aliphatic heterocycles. The molecule has 0 spiro atoms. The number of ether oxygens (including phenoxy) is 2. The molecule has 0 atom stereocenters. The van der Waals surface area contributed by atoms with Crippen LogP contribution < -0.4 is 10.1 Å². The molecule has 0 aliphatic carbocycles. The first-order chi connectivity index (χ1) is 15.5. The molecule has 176 valence electrons. The smallest absolute Gasteiger partial charge is 0.322 e. The van der Waals surface area contributed by atoms with E-state index in [0.29, 0.717) is 44.3 Å². The maximum atomic E-state index is 13.2. The minimum Gasteiger partial charge on any atom is -0.492 e. The van der Waals surface area contributed by atoms with Crippen LogP contribution in [0.2, 0.25) is 0 Å². The van der Waals surface area contributed by atoms with Crippen LogP contribution in [-0.2, 0) is 23.1 Å². The monoisotopic (exact) mass is 444 g/mol. The molecule has 0 unspecified atom stereocenters. The number of nitrogens with zero attached hydrogens (tertiary/aromatic N) is 3. The van der Waals surface area contributed by atoms with Crippen LogP contribution in [0.3, 0.4) is 0 Å². The van der Waals surface area contributed by atoms with E-state index in [-0.39, 0.29) is 18.5 Å². The lowest BCUT2D eigenvalue weighted by Crippen LogP contribution is -2.45. The van der Waals surface area contributed by atoms with E-state index in [2.05, 4.69) is 12.2 Å². The maximum Gasteiger partial charge on any atom is 0.322 e. The second-order valence-corrected chi connectivity index (χ2v) is 7.55. The zero-order chi connectivity index (χ0) is 23.3. The number of para-hydroxylation sites is 2. The predicted molar refractivity (Wildman–Crippen MR) is 126 cm³/mol. The number of aromatic nitrogens is 1. The van der Waals surface area contributed by atoms with Crippen molar-refractivity contribution in [1.29, 1.82) is 0 Å². The minimum atomic E-state index is -0.315. The van der Waals surface area contributed by atoms with Crippen molar-refractivity contribution in [2.24, 2.45) is 7.05 Å². The van der Waals surface area contributed by atoms with Gasteiger partial charge in [-0.2, -0.15) is 0 Å². The van der Waals surface area contributed by atoms with Crippen molar-refractivity contribution in [3.63, 3.8) is 0 Å². The topological polar surface area (TPSA) is 76.0 Å². The third-order valence-electron chi connectivity index (χ3n) is 5.15. The molecule has 1 N–H and O–H groups in total. The first-order valence-electron chi connectivity index (χ1n) is 11.1. The van der Waals surface area contributed by atoms with Crippen molar-refractivity contribution in [2.45, 2.75) is 33.2 Å². The van der Waals surface area contributed by atoms with Crippen LogP contribution in [0, 0.1) is 0 Å².